The van der Waals surface area contributed by atoms with Crippen LogP contribution in [0.3, 0.4) is 0 Å². The van der Waals surface area contributed by atoms with Crippen LogP contribution < -0.4 is 4.74 Å². The number of hydrogen-bond acceptors (Lipinski definition) is 1. The van der Waals surface area contributed by atoms with E-state index < -0.39 is 0 Å². The van der Waals surface area contributed by atoms with Crippen molar-refractivity contribution in [2.45, 2.75) is 47.0 Å². The van der Waals surface area contributed by atoms with E-state index in [1.54, 1.807) is 7.11 Å². The fourth-order valence-electron chi connectivity index (χ4n) is 3.66. The summed E-state index contributed by atoms with van der Waals surface area (Å²) in [7, 11) is 1.79. The Morgan fingerprint density at radius 1 is 0.875 bits per heavy atom. The van der Waals surface area contributed by atoms with E-state index in [0.717, 1.165) is 5.75 Å². The second-order valence-electron chi connectivity index (χ2n) is 7.99. The molecule has 0 amide bonds. The first-order valence-corrected chi connectivity index (χ1v) is 8.58. The number of ether oxygens (including phenoxy) is 1. The molecule has 1 aliphatic carbocycles. The van der Waals surface area contributed by atoms with Crippen LogP contribution >= 0.6 is 0 Å². The number of aryl methyl sites for hydroxylation is 2. The molecule has 3 rings (SSSR count). The van der Waals surface area contributed by atoms with Gasteiger partial charge in [0.15, 0.2) is 0 Å². The summed E-state index contributed by atoms with van der Waals surface area (Å²) in [5.74, 6) is 1.01. The average molecular weight is 319 g/mol. The SMILES string of the molecule is COc1c(C(C)(C)C)cc2c(c1-c1cc(C)cc(C)c1)C=C(C)[CH]2. The maximum absolute atomic E-state index is 5.95. The van der Waals surface area contributed by atoms with Crippen molar-refractivity contribution in [3.05, 3.63) is 64.1 Å². The van der Waals surface area contributed by atoms with Gasteiger partial charge < -0.3 is 4.74 Å². The summed E-state index contributed by atoms with van der Waals surface area (Å²) >= 11 is 0. The van der Waals surface area contributed by atoms with E-state index in [1.807, 2.05) is 0 Å². The van der Waals surface area contributed by atoms with Crippen molar-refractivity contribution in [1.82, 2.24) is 0 Å². The second-order valence-corrected chi connectivity index (χ2v) is 7.99. The summed E-state index contributed by atoms with van der Waals surface area (Å²) in [4.78, 5) is 0. The second kappa shape index (κ2) is 5.81. The molecule has 0 N–H and O–H groups in total. The molecule has 0 heterocycles. The molecule has 2 aromatic carbocycles. The number of methoxy groups -OCH3 is 1. The number of hydrogen-bond donors (Lipinski definition) is 0. The van der Waals surface area contributed by atoms with E-state index in [2.05, 4.69) is 78.3 Å². The Labute approximate surface area is 146 Å². The Kier molecular flexibility index (Phi) is 4.07. The van der Waals surface area contributed by atoms with Crippen molar-refractivity contribution in [2.75, 3.05) is 7.11 Å². The summed E-state index contributed by atoms with van der Waals surface area (Å²) in [5.41, 5.74) is 10.2. The lowest BCUT2D eigenvalue weighted by molar-refractivity contribution is 0.399. The van der Waals surface area contributed by atoms with Crippen LogP contribution in [0.25, 0.3) is 17.2 Å². The molecule has 0 spiro atoms. The Morgan fingerprint density at radius 3 is 2.04 bits per heavy atom. The minimum atomic E-state index is 0.0261. The number of fused-ring (bicyclic) bond motifs is 1. The zero-order chi connectivity index (χ0) is 17.6. The Bertz CT molecular complexity index is 812. The summed E-state index contributed by atoms with van der Waals surface area (Å²) in [6.45, 7) is 13.2. The summed E-state index contributed by atoms with van der Waals surface area (Å²) in [6, 6.07) is 9.04. The van der Waals surface area contributed by atoms with Crippen LogP contribution in [-0.2, 0) is 5.41 Å². The van der Waals surface area contributed by atoms with Crippen molar-refractivity contribution in [3.63, 3.8) is 0 Å². The van der Waals surface area contributed by atoms with Crippen molar-refractivity contribution in [3.8, 4) is 16.9 Å². The zero-order valence-corrected chi connectivity index (χ0v) is 15.9. The van der Waals surface area contributed by atoms with Crippen molar-refractivity contribution < 1.29 is 4.74 Å². The predicted molar refractivity (Wildman–Crippen MR) is 104 cm³/mol. The lowest BCUT2D eigenvalue weighted by Crippen LogP contribution is -2.14. The molecule has 1 heteroatoms. The average Bonchev–Trinajstić information content (AvgIpc) is 2.82. The van der Waals surface area contributed by atoms with Gasteiger partial charge in [-0.1, -0.05) is 67.8 Å². The molecule has 0 unspecified atom stereocenters. The molecule has 125 valence electrons. The van der Waals surface area contributed by atoms with E-state index in [0.29, 0.717) is 0 Å². The van der Waals surface area contributed by atoms with Gasteiger partial charge in [-0.2, -0.15) is 0 Å². The van der Waals surface area contributed by atoms with Gasteiger partial charge in [0, 0.05) is 17.5 Å². The molecular weight excluding hydrogens is 292 g/mol. The third-order valence-electron chi connectivity index (χ3n) is 4.63. The largest absolute Gasteiger partial charge is 0.496 e. The molecule has 0 saturated carbocycles. The van der Waals surface area contributed by atoms with E-state index in [4.69, 9.17) is 4.74 Å². The zero-order valence-electron chi connectivity index (χ0n) is 15.9. The third-order valence-corrected chi connectivity index (χ3v) is 4.63. The standard InChI is InChI=1S/C23H27O/c1-14-8-15(2)11-18(10-14)21-19-12-16(3)9-17(19)13-20(22(21)24-7)23(4,5)6/h8-13H,1-7H3. The molecular formula is C23H27O. The van der Waals surface area contributed by atoms with Gasteiger partial charge >= 0.3 is 0 Å². The lowest BCUT2D eigenvalue weighted by Gasteiger charge is -2.26. The van der Waals surface area contributed by atoms with Crippen LogP contribution in [0.4, 0.5) is 0 Å². The topological polar surface area (TPSA) is 9.23 Å². The molecule has 24 heavy (non-hydrogen) atoms. The first-order chi connectivity index (χ1) is 11.2. The van der Waals surface area contributed by atoms with E-state index in [-0.39, 0.29) is 5.41 Å². The highest BCUT2D eigenvalue weighted by atomic mass is 16.5. The van der Waals surface area contributed by atoms with E-state index >= 15 is 0 Å². The summed E-state index contributed by atoms with van der Waals surface area (Å²) < 4.78 is 5.95. The minimum Gasteiger partial charge on any atom is -0.496 e. The highest BCUT2D eigenvalue weighted by molar-refractivity contribution is 5.88. The third kappa shape index (κ3) is 2.88. The summed E-state index contributed by atoms with van der Waals surface area (Å²) in [5, 5.41) is 0. The van der Waals surface area contributed by atoms with Gasteiger partial charge in [-0.05, 0) is 42.9 Å². The van der Waals surface area contributed by atoms with Gasteiger partial charge in [-0.15, -0.1) is 0 Å². The van der Waals surface area contributed by atoms with Crippen molar-refractivity contribution in [2.24, 2.45) is 0 Å². The Morgan fingerprint density at radius 2 is 1.50 bits per heavy atom. The van der Waals surface area contributed by atoms with Crippen LogP contribution in [0.5, 0.6) is 5.75 Å². The molecule has 0 bridgehead atoms. The maximum Gasteiger partial charge on any atom is 0.131 e. The fourth-order valence-corrected chi connectivity index (χ4v) is 3.66. The van der Waals surface area contributed by atoms with Gasteiger partial charge in [0.1, 0.15) is 5.75 Å². The Hall–Kier alpha value is -2.02. The van der Waals surface area contributed by atoms with Gasteiger partial charge in [0.05, 0.1) is 7.11 Å². The van der Waals surface area contributed by atoms with Crippen LogP contribution in [0, 0.1) is 20.3 Å². The molecule has 2 aromatic rings. The van der Waals surface area contributed by atoms with Gasteiger partial charge in [0.2, 0.25) is 0 Å². The van der Waals surface area contributed by atoms with E-state index in [9.17, 15) is 0 Å². The molecule has 1 nitrogen and oxygen atoms in total. The molecule has 0 aliphatic heterocycles. The lowest BCUT2D eigenvalue weighted by atomic mass is 9.81. The highest BCUT2D eigenvalue weighted by Gasteiger charge is 2.28. The fraction of sp³-hybridized carbons (Fsp3) is 0.348. The number of rotatable bonds is 2. The van der Waals surface area contributed by atoms with Crippen molar-refractivity contribution in [1.29, 1.82) is 0 Å². The number of allylic oxidation sites excluding steroid dienone is 1. The monoisotopic (exact) mass is 319 g/mol. The minimum absolute atomic E-state index is 0.0261. The normalized spacial score (nSPS) is 13.7. The van der Waals surface area contributed by atoms with Gasteiger partial charge in [-0.25, -0.2) is 0 Å². The van der Waals surface area contributed by atoms with Gasteiger partial charge in [-0.3, -0.25) is 0 Å². The smallest absolute Gasteiger partial charge is 0.131 e. The van der Waals surface area contributed by atoms with Crippen LogP contribution in [0.15, 0.2) is 29.8 Å². The molecule has 1 aliphatic rings. The molecule has 0 atom stereocenters. The predicted octanol–water partition coefficient (Wildman–Crippen LogP) is 6.25. The van der Waals surface area contributed by atoms with Crippen LogP contribution in [0.2, 0.25) is 0 Å². The number of benzene rings is 2. The Balaban J connectivity index is 2.40. The molecule has 0 fully saturated rings. The quantitative estimate of drug-likeness (QED) is 0.636. The van der Waals surface area contributed by atoms with Gasteiger partial charge in [0.25, 0.3) is 0 Å². The molecule has 0 aromatic heterocycles. The molecule has 1 radical (unpaired) electrons. The molecule has 0 saturated heterocycles. The first-order valence-electron chi connectivity index (χ1n) is 8.58. The first kappa shape index (κ1) is 16.8. The highest BCUT2D eigenvalue weighted by Crippen LogP contribution is 2.46. The van der Waals surface area contributed by atoms with E-state index in [1.165, 1.54) is 44.5 Å². The van der Waals surface area contributed by atoms with Crippen LogP contribution in [-0.4, -0.2) is 7.11 Å². The maximum atomic E-state index is 5.95. The summed E-state index contributed by atoms with van der Waals surface area (Å²) in [6.07, 6.45) is 4.55. The van der Waals surface area contributed by atoms with Crippen molar-refractivity contribution >= 4 is 6.08 Å². The van der Waals surface area contributed by atoms with Crippen LogP contribution in [0.1, 0.15) is 55.5 Å².